The monoisotopic (exact) mass is 250 g/mol. The van der Waals surface area contributed by atoms with Crippen LogP contribution in [-0.4, -0.2) is 69.1 Å². The Balaban J connectivity index is 4.13. The maximum Gasteiger partial charge on any atom is 0.330 e. The van der Waals surface area contributed by atoms with Gasteiger partial charge >= 0.3 is 5.97 Å². The molecule has 0 aliphatic heterocycles. The van der Waals surface area contributed by atoms with Crippen molar-refractivity contribution in [3.63, 3.8) is 0 Å². The lowest BCUT2D eigenvalue weighted by Gasteiger charge is -2.25. The smallest absolute Gasteiger partial charge is 0.330 e. The average Bonchev–Trinajstić information content (AvgIpc) is 2.33. The van der Waals surface area contributed by atoms with Crippen molar-refractivity contribution in [3.05, 3.63) is 12.2 Å². The summed E-state index contributed by atoms with van der Waals surface area (Å²) in [6.45, 7) is 0.316. The molecule has 7 heteroatoms. The SMILES string of the molecule is CC=CC(=O)OC[C@@H](O)[C@@H](O)[C@H](O)[C@@H](O)CO. The van der Waals surface area contributed by atoms with Gasteiger partial charge in [-0.05, 0) is 6.92 Å². The predicted octanol–water partition coefficient (Wildman–Crippen LogP) is -2.46. The van der Waals surface area contributed by atoms with Crippen LogP contribution in [0.4, 0.5) is 0 Å². The predicted molar refractivity (Wildman–Crippen MR) is 56.9 cm³/mol. The van der Waals surface area contributed by atoms with Crippen molar-refractivity contribution in [2.24, 2.45) is 0 Å². The number of hydrogen-bond donors (Lipinski definition) is 5. The van der Waals surface area contributed by atoms with E-state index in [-0.39, 0.29) is 0 Å². The Hall–Kier alpha value is -0.990. The van der Waals surface area contributed by atoms with Gasteiger partial charge in [0, 0.05) is 6.08 Å². The maximum atomic E-state index is 10.9. The zero-order valence-electron chi connectivity index (χ0n) is 9.43. The first-order valence-electron chi connectivity index (χ1n) is 5.06. The van der Waals surface area contributed by atoms with Crippen molar-refractivity contribution in [1.82, 2.24) is 0 Å². The van der Waals surface area contributed by atoms with Gasteiger partial charge in [-0.25, -0.2) is 4.79 Å². The molecule has 7 nitrogen and oxygen atoms in total. The van der Waals surface area contributed by atoms with Gasteiger partial charge in [0.25, 0.3) is 0 Å². The van der Waals surface area contributed by atoms with Gasteiger partial charge in [-0.3, -0.25) is 0 Å². The molecule has 0 aromatic rings. The maximum absolute atomic E-state index is 10.9. The summed E-state index contributed by atoms with van der Waals surface area (Å²) in [5.74, 6) is -0.698. The minimum Gasteiger partial charge on any atom is -0.460 e. The van der Waals surface area contributed by atoms with Crippen LogP contribution in [0, 0.1) is 0 Å². The van der Waals surface area contributed by atoms with E-state index >= 15 is 0 Å². The zero-order valence-corrected chi connectivity index (χ0v) is 9.43. The summed E-state index contributed by atoms with van der Waals surface area (Å²) >= 11 is 0. The third-order valence-corrected chi connectivity index (χ3v) is 2.02. The van der Waals surface area contributed by atoms with Gasteiger partial charge in [-0.15, -0.1) is 0 Å². The minimum absolute atomic E-state index is 0.528. The second-order valence-corrected chi connectivity index (χ2v) is 3.43. The molecule has 0 aliphatic carbocycles. The van der Waals surface area contributed by atoms with Crippen molar-refractivity contribution < 1.29 is 35.1 Å². The third-order valence-electron chi connectivity index (χ3n) is 2.02. The molecule has 0 saturated heterocycles. The van der Waals surface area contributed by atoms with Crippen molar-refractivity contribution in [1.29, 1.82) is 0 Å². The highest BCUT2D eigenvalue weighted by atomic mass is 16.5. The lowest BCUT2D eigenvalue weighted by Crippen LogP contribution is -2.47. The van der Waals surface area contributed by atoms with Crippen LogP contribution >= 0.6 is 0 Å². The second kappa shape index (κ2) is 8.15. The quantitative estimate of drug-likeness (QED) is 0.250. The molecule has 0 aliphatic rings. The van der Waals surface area contributed by atoms with Gasteiger partial charge in [0.2, 0.25) is 0 Å². The Kier molecular flexibility index (Phi) is 7.68. The lowest BCUT2D eigenvalue weighted by atomic mass is 10.0. The van der Waals surface area contributed by atoms with Gasteiger partial charge in [0.15, 0.2) is 0 Å². The summed E-state index contributed by atoms with van der Waals surface area (Å²) in [6, 6.07) is 0. The molecule has 0 rings (SSSR count). The van der Waals surface area contributed by atoms with E-state index in [1.165, 1.54) is 6.08 Å². The van der Waals surface area contributed by atoms with Crippen LogP contribution in [0.5, 0.6) is 0 Å². The molecule has 0 aromatic carbocycles. The summed E-state index contributed by atoms with van der Waals surface area (Å²) in [6.07, 6.45) is -4.02. The fourth-order valence-corrected chi connectivity index (χ4v) is 1.01. The van der Waals surface area contributed by atoms with Crippen LogP contribution in [0.15, 0.2) is 12.2 Å². The summed E-state index contributed by atoms with van der Waals surface area (Å²) in [5.41, 5.74) is 0. The van der Waals surface area contributed by atoms with Crippen molar-refractivity contribution in [3.8, 4) is 0 Å². The van der Waals surface area contributed by atoms with E-state index in [0.29, 0.717) is 0 Å². The van der Waals surface area contributed by atoms with Crippen LogP contribution in [-0.2, 0) is 9.53 Å². The highest BCUT2D eigenvalue weighted by molar-refractivity contribution is 5.81. The molecule has 4 atom stereocenters. The van der Waals surface area contributed by atoms with E-state index in [1.807, 2.05) is 0 Å². The standard InChI is InChI=1S/C10H18O7/c1-2-3-8(14)17-5-7(13)10(16)9(15)6(12)4-11/h2-3,6-7,9-13,15-16H,4-5H2,1H3/t6-,7+,9+,10+/m0/s1. The number of carbonyl (C=O) groups excluding carboxylic acids is 1. The van der Waals surface area contributed by atoms with Crippen LogP contribution in [0.2, 0.25) is 0 Å². The highest BCUT2D eigenvalue weighted by Gasteiger charge is 2.30. The van der Waals surface area contributed by atoms with Gasteiger partial charge in [0.05, 0.1) is 6.61 Å². The molecule has 0 bridgehead atoms. The van der Waals surface area contributed by atoms with E-state index in [0.717, 1.165) is 6.08 Å². The Labute approximate surface area is 98.6 Å². The molecule has 5 N–H and O–H groups in total. The minimum atomic E-state index is -1.73. The fraction of sp³-hybridized carbons (Fsp3) is 0.700. The van der Waals surface area contributed by atoms with E-state index in [4.69, 9.17) is 10.2 Å². The Bertz CT molecular complexity index is 253. The van der Waals surface area contributed by atoms with Crippen LogP contribution in [0.3, 0.4) is 0 Å². The number of allylic oxidation sites excluding steroid dienone is 1. The third kappa shape index (κ3) is 5.76. The summed E-state index contributed by atoms with van der Waals surface area (Å²) in [4.78, 5) is 10.9. The van der Waals surface area contributed by atoms with Gasteiger partial charge in [-0.2, -0.15) is 0 Å². The Morgan fingerprint density at radius 2 is 1.71 bits per heavy atom. The van der Waals surface area contributed by atoms with Gasteiger partial charge < -0.3 is 30.3 Å². The molecule has 0 spiro atoms. The first-order valence-corrected chi connectivity index (χ1v) is 5.06. The molecule has 0 unspecified atom stereocenters. The molecule has 0 heterocycles. The van der Waals surface area contributed by atoms with Crippen molar-refractivity contribution in [2.45, 2.75) is 31.3 Å². The molecule has 0 radical (unpaired) electrons. The number of ether oxygens (including phenoxy) is 1. The fourth-order valence-electron chi connectivity index (χ4n) is 1.01. The first kappa shape index (κ1) is 16.0. The number of hydrogen-bond acceptors (Lipinski definition) is 7. The summed E-state index contributed by atoms with van der Waals surface area (Å²) < 4.78 is 4.54. The molecule has 0 fully saturated rings. The normalized spacial score (nSPS) is 18.7. The van der Waals surface area contributed by atoms with Crippen LogP contribution < -0.4 is 0 Å². The number of esters is 1. The number of carbonyl (C=O) groups is 1. The van der Waals surface area contributed by atoms with Crippen LogP contribution in [0.25, 0.3) is 0 Å². The average molecular weight is 250 g/mol. The lowest BCUT2D eigenvalue weighted by molar-refractivity contribution is -0.151. The van der Waals surface area contributed by atoms with Gasteiger partial charge in [-0.1, -0.05) is 6.08 Å². The largest absolute Gasteiger partial charge is 0.460 e. The molecular weight excluding hydrogens is 232 g/mol. The molecule has 0 aromatic heterocycles. The van der Waals surface area contributed by atoms with Gasteiger partial charge in [0.1, 0.15) is 31.0 Å². The van der Waals surface area contributed by atoms with E-state index in [1.54, 1.807) is 6.92 Å². The van der Waals surface area contributed by atoms with E-state index < -0.39 is 43.6 Å². The van der Waals surface area contributed by atoms with E-state index in [2.05, 4.69) is 4.74 Å². The number of aliphatic hydroxyl groups excluding tert-OH is 5. The molecule has 100 valence electrons. The summed E-state index contributed by atoms with van der Waals surface area (Å²) in [7, 11) is 0. The molecule has 17 heavy (non-hydrogen) atoms. The Morgan fingerprint density at radius 1 is 1.18 bits per heavy atom. The zero-order chi connectivity index (χ0) is 13.4. The molecule has 0 amide bonds. The first-order chi connectivity index (χ1) is 7.93. The Morgan fingerprint density at radius 3 is 2.18 bits per heavy atom. The molecule has 0 saturated carbocycles. The topological polar surface area (TPSA) is 127 Å². The summed E-state index contributed by atoms with van der Waals surface area (Å²) in [5, 5.41) is 45.5. The van der Waals surface area contributed by atoms with Crippen LogP contribution in [0.1, 0.15) is 6.92 Å². The number of rotatable bonds is 7. The highest BCUT2D eigenvalue weighted by Crippen LogP contribution is 2.05. The number of aliphatic hydroxyl groups is 5. The van der Waals surface area contributed by atoms with Crippen molar-refractivity contribution in [2.75, 3.05) is 13.2 Å². The van der Waals surface area contributed by atoms with E-state index in [9.17, 15) is 20.1 Å². The molecular formula is C10H18O7. The van der Waals surface area contributed by atoms with Crippen molar-refractivity contribution >= 4 is 5.97 Å². The second-order valence-electron chi connectivity index (χ2n) is 3.43.